The summed E-state index contributed by atoms with van der Waals surface area (Å²) in [4.78, 5) is 51.3. The van der Waals surface area contributed by atoms with Gasteiger partial charge in [-0.15, -0.1) is 0 Å². The number of aromatic nitrogens is 1. The van der Waals surface area contributed by atoms with Crippen molar-refractivity contribution in [2.24, 2.45) is 5.92 Å². The predicted octanol–water partition coefficient (Wildman–Crippen LogP) is 2.39. The number of rotatable bonds is 13. The van der Waals surface area contributed by atoms with Crippen molar-refractivity contribution in [3.8, 4) is 5.75 Å². The number of amides is 3. The van der Waals surface area contributed by atoms with E-state index in [9.17, 15) is 24.3 Å². The number of carboxylic acid groups (broad SMARTS) is 1. The maximum absolute atomic E-state index is 12.5. The van der Waals surface area contributed by atoms with Gasteiger partial charge in [0.2, 0.25) is 11.8 Å². The van der Waals surface area contributed by atoms with E-state index in [0.29, 0.717) is 54.3 Å². The summed E-state index contributed by atoms with van der Waals surface area (Å²) >= 11 is 1.93. The van der Waals surface area contributed by atoms with Gasteiger partial charge in [0.25, 0.3) is 5.91 Å². The van der Waals surface area contributed by atoms with Crippen LogP contribution < -0.4 is 20.7 Å². The summed E-state index contributed by atoms with van der Waals surface area (Å²) in [6, 6.07) is 10.3. The molecular formula is C27H32N4O6S. The van der Waals surface area contributed by atoms with Gasteiger partial charge in [0.1, 0.15) is 6.61 Å². The summed E-state index contributed by atoms with van der Waals surface area (Å²) in [5, 5.41) is 18.4. The van der Waals surface area contributed by atoms with Crippen LogP contribution in [0.15, 0.2) is 42.6 Å². The maximum atomic E-state index is 12.5. The zero-order valence-corrected chi connectivity index (χ0v) is 21.8. The van der Waals surface area contributed by atoms with Crippen molar-refractivity contribution in [2.45, 2.75) is 50.0 Å². The number of hydrogen-bond donors (Lipinski definition) is 4. The summed E-state index contributed by atoms with van der Waals surface area (Å²) in [7, 11) is 0. The van der Waals surface area contributed by atoms with Gasteiger partial charge in [-0.05, 0) is 54.3 Å². The predicted molar refractivity (Wildman–Crippen MR) is 142 cm³/mol. The maximum Gasteiger partial charge on any atom is 0.358 e. The minimum absolute atomic E-state index is 0.0411. The number of pyridine rings is 1. The molecule has 3 heterocycles. The van der Waals surface area contributed by atoms with E-state index in [0.717, 1.165) is 25.0 Å². The van der Waals surface area contributed by atoms with E-state index in [-0.39, 0.29) is 35.8 Å². The fourth-order valence-corrected chi connectivity index (χ4v) is 6.38. The summed E-state index contributed by atoms with van der Waals surface area (Å²) in [5.41, 5.74) is 0.967. The highest BCUT2D eigenvalue weighted by Crippen LogP contribution is 2.39. The number of ether oxygens (including phenoxy) is 1. The number of nitrogens with zero attached hydrogens (tertiary/aromatic N) is 1. The molecule has 2 aliphatic rings. The SMILES string of the molecule is O=C(CCCCC1SCC2CC(=O)NC21)NCCNC(=O)c1cccc(COc2cccnc2C(=O)O)c1. The Kier molecular flexibility index (Phi) is 9.58. The molecule has 1 aromatic carbocycles. The van der Waals surface area contributed by atoms with Gasteiger partial charge in [-0.3, -0.25) is 14.4 Å². The Morgan fingerprint density at radius 2 is 1.97 bits per heavy atom. The Hall–Kier alpha value is -3.60. The number of benzene rings is 1. The first-order valence-electron chi connectivity index (χ1n) is 12.8. The number of carboxylic acids is 1. The molecule has 0 aliphatic carbocycles. The quantitative estimate of drug-likeness (QED) is 0.283. The van der Waals surface area contributed by atoms with Crippen molar-refractivity contribution >= 4 is 35.5 Å². The van der Waals surface area contributed by atoms with Crippen LogP contribution in [0.25, 0.3) is 0 Å². The Morgan fingerprint density at radius 3 is 2.82 bits per heavy atom. The van der Waals surface area contributed by atoms with Gasteiger partial charge in [0.15, 0.2) is 11.4 Å². The molecule has 0 spiro atoms. The molecule has 2 saturated heterocycles. The molecule has 2 aromatic rings. The van der Waals surface area contributed by atoms with Gasteiger partial charge in [-0.1, -0.05) is 18.6 Å². The molecule has 0 saturated carbocycles. The largest absolute Gasteiger partial charge is 0.486 e. The number of carbonyl (C=O) groups is 4. The molecule has 3 unspecified atom stereocenters. The number of fused-ring (bicyclic) bond motifs is 1. The molecule has 4 rings (SSSR count). The molecule has 3 amide bonds. The lowest BCUT2D eigenvalue weighted by Crippen LogP contribution is -2.35. The lowest BCUT2D eigenvalue weighted by atomic mass is 9.97. The van der Waals surface area contributed by atoms with Crippen LogP contribution in [0.5, 0.6) is 5.75 Å². The number of hydrogen-bond acceptors (Lipinski definition) is 7. The number of carbonyl (C=O) groups excluding carboxylic acids is 3. The van der Waals surface area contributed by atoms with Crippen LogP contribution in [0.1, 0.15) is 58.5 Å². The van der Waals surface area contributed by atoms with Gasteiger partial charge in [-0.2, -0.15) is 11.8 Å². The normalized spacial score (nSPS) is 19.9. The summed E-state index contributed by atoms with van der Waals surface area (Å²) < 4.78 is 5.60. The summed E-state index contributed by atoms with van der Waals surface area (Å²) in [6.45, 7) is 0.712. The molecule has 1 aromatic heterocycles. The topological polar surface area (TPSA) is 147 Å². The van der Waals surface area contributed by atoms with Gasteiger partial charge in [0, 0.05) is 49.0 Å². The van der Waals surface area contributed by atoms with Crippen LogP contribution in [0.4, 0.5) is 0 Å². The van der Waals surface area contributed by atoms with Crippen LogP contribution in [0, 0.1) is 5.92 Å². The molecule has 38 heavy (non-hydrogen) atoms. The van der Waals surface area contributed by atoms with Gasteiger partial charge in [-0.25, -0.2) is 9.78 Å². The second-order valence-electron chi connectivity index (χ2n) is 9.43. The van der Waals surface area contributed by atoms with E-state index in [1.165, 1.54) is 12.3 Å². The van der Waals surface area contributed by atoms with Crippen LogP contribution in [0.3, 0.4) is 0 Å². The molecule has 3 atom stereocenters. The third kappa shape index (κ3) is 7.47. The lowest BCUT2D eigenvalue weighted by molar-refractivity contribution is -0.121. The van der Waals surface area contributed by atoms with Crippen molar-refractivity contribution in [3.05, 3.63) is 59.4 Å². The highest BCUT2D eigenvalue weighted by atomic mass is 32.2. The van der Waals surface area contributed by atoms with Crippen LogP contribution in [-0.4, -0.2) is 63.9 Å². The van der Waals surface area contributed by atoms with Crippen molar-refractivity contribution in [3.63, 3.8) is 0 Å². The Bertz CT molecular complexity index is 1180. The van der Waals surface area contributed by atoms with Crippen LogP contribution in [-0.2, 0) is 16.2 Å². The summed E-state index contributed by atoms with van der Waals surface area (Å²) in [5.74, 6) is 0.320. The monoisotopic (exact) mass is 540 g/mol. The van der Waals surface area contributed by atoms with E-state index in [1.807, 2.05) is 11.8 Å². The molecule has 2 fully saturated rings. The van der Waals surface area contributed by atoms with Crippen molar-refractivity contribution < 1.29 is 29.0 Å². The molecule has 11 heteroatoms. The molecule has 4 N–H and O–H groups in total. The third-order valence-electron chi connectivity index (χ3n) is 6.64. The minimum atomic E-state index is -1.18. The number of aromatic carboxylic acids is 1. The molecule has 0 bridgehead atoms. The van der Waals surface area contributed by atoms with Crippen LogP contribution in [0.2, 0.25) is 0 Å². The smallest absolute Gasteiger partial charge is 0.358 e. The fraction of sp³-hybridized carbons (Fsp3) is 0.444. The van der Waals surface area contributed by atoms with E-state index < -0.39 is 5.97 Å². The average Bonchev–Trinajstić information content (AvgIpc) is 3.47. The second kappa shape index (κ2) is 13.3. The standard InChI is InChI=1S/C27H32N4O6S/c32-22(9-2-1-8-21-24-19(16-38-21)14-23(33)31-24)28-11-12-30-26(34)18-6-3-5-17(13-18)15-37-20-7-4-10-29-25(20)27(35)36/h3-7,10,13,19,21,24H,1-2,8-9,11-12,14-16H2,(H,28,32)(H,30,34)(H,31,33)(H,35,36). The zero-order chi connectivity index (χ0) is 26.9. The van der Waals surface area contributed by atoms with Crippen molar-refractivity contribution in [2.75, 3.05) is 18.8 Å². The lowest BCUT2D eigenvalue weighted by Gasteiger charge is -2.17. The van der Waals surface area contributed by atoms with E-state index in [4.69, 9.17) is 4.74 Å². The van der Waals surface area contributed by atoms with Gasteiger partial charge in [0.05, 0.1) is 0 Å². The Balaban J connectivity index is 1.11. The first kappa shape index (κ1) is 27.4. The van der Waals surface area contributed by atoms with Crippen molar-refractivity contribution in [1.82, 2.24) is 20.9 Å². The minimum Gasteiger partial charge on any atom is -0.486 e. The average molecular weight is 541 g/mol. The first-order chi connectivity index (χ1) is 18.4. The Labute approximate surface area is 225 Å². The highest BCUT2D eigenvalue weighted by Gasteiger charge is 2.42. The molecule has 2 aliphatic heterocycles. The van der Waals surface area contributed by atoms with Gasteiger partial charge >= 0.3 is 5.97 Å². The molecule has 0 radical (unpaired) electrons. The third-order valence-corrected chi connectivity index (χ3v) is 8.22. The zero-order valence-electron chi connectivity index (χ0n) is 21.0. The van der Waals surface area contributed by atoms with Gasteiger partial charge < -0.3 is 25.8 Å². The number of unbranched alkanes of at least 4 members (excludes halogenated alkanes) is 1. The van der Waals surface area contributed by atoms with E-state index in [2.05, 4.69) is 20.9 Å². The highest BCUT2D eigenvalue weighted by molar-refractivity contribution is 8.00. The second-order valence-corrected chi connectivity index (χ2v) is 10.7. The van der Waals surface area contributed by atoms with E-state index >= 15 is 0 Å². The Morgan fingerprint density at radius 1 is 1.13 bits per heavy atom. The van der Waals surface area contributed by atoms with Crippen molar-refractivity contribution in [1.29, 1.82) is 0 Å². The van der Waals surface area contributed by atoms with E-state index in [1.54, 1.807) is 30.3 Å². The number of nitrogens with one attached hydrogen (secondary N) is 3. The number of thioether (sulfide) groups is 1. The van der Waals surface area contributed by atoms with Crippen LogP contribution >= 0.6 is 11.8 Å². The molecule has 10 nitrogen and oxygen atoms in total. The molecule has 202 valence electrons. The summed E-state index contributed by atoms with van der Waals surface area (Å²) in [6.07, 6.45) is 5.21. The fourth-order valence-electron chi connectivity index (χ4n) is 4.73. The molecular weight excluding hydrogens is 508 g/mol. The first-order valence-corrected chi connectivity index (χ1v) is 13.8.